The molecule has 3 aromatic carbocycles. The minimum Gasteiger partial charge on any atom is -0.493 e. The van der Waals surface area contributed by atoms with Crippen LogP contribution in [0.5, 0.6) is 11.5 Å². The van der Waals surface area contributed by atoms with E-state index in [0.29, 0.717) is 18.1 Å². The average molecular weight is 446 g/mol. The van der Waals surface area contributed by atoms with Gasteiger partial charge in [0.05, 0.1) is 13.3 Å². The number of para-hydroxylation sites is 1. The molecule has 2 amide bonds. The highest BCUT2D eigenvalue weighted by atomic mass is 16.5. The molecule has 2 N–H and O–H groups in total. The Balaban J connectivity index is 1.46. The van der Waals surface area contributed by atoms with E-state index in [9.17, 15) is 9.59 Å². The second kappa shape index (κ2) is 12.0. The monoisotopic (exact) mass is 445 g/mol. The number of benzene rings is 3. The van der Waals surface area contributed by atoms with Crippen molar-refractivity contribution >= 4 is 23.7 Å². The molecule has 0 spiro atoms. The highest BCUT2D eigenvalue weighted by Gasteiger charge is 2.08. The molecule has 0 unspecified atom stereocenters. The van der Waals surface area contributed by atoms with Gasteiger partial charge in [-0.2, -0.15) is 5.10 Å². The van der Waals surface area contributed by atoms with Crippen LogP contribution in [0, 0.1) is 6.92 Å². The standard InChI is InChI=1S/C26H27N3O4/c1-19-8-6-7-11-22(19)28-25(30)14-15-26(31)29-27-17-21-12-13-23(24(16-21)32-2)33-18-20-9-4-3-5-10-20/h3-13,16-17H,14-15,18H2,1-2H3,(H,28,30)(H,29,31). The first-order valence-corrected chi connectivity index (χ1v) is 10.6. The Morgan fingerprint density at radius 2 is 1.64 bits per heavy atom. The van der Waals surface area contributed by atoms with Crippen molar-refractivity contribution in [2.75, 3.05) is 12.4 Å². The molecule has 3 rings (SSSR count). The van der Waals surface area contributed by atoms with E-state index in [4.69, 9.17) is 9.47 Å². The van der Waals surface area contributed by atoms with Gasteiger partial charge in [-0.3, -0.25) is 9.59 Å². The molecule has 0 saturated heterocycles. The van der Waals surface area contributed by atoms with Crippen LogP contribution < -0.4 is 20.2 Å². The molecule has 0 aliphatic heterocycles. The molecule has 170 valence electrons. The van der Waals surface area contributed by atoms with Gasteiger partial charge in [0.25, 0.3) is 0 Å². The van der Waals surface area contributed by atoms with Crippen molar-refractivity contribution in [3.8, 4) is 11.5 Å². The van der Waals surface area contributed by atoms with Crippen molar-refractivity contribution in [1.29, 1.82) is 0 Å². The highest BCUT2D eigenvalue weighted by Crippen LogP contribution is 2.28. The Morgan fingerprint density at radius 3 is 2.39 bits per heavy atom. The quantitative estimate of drug-likeness (QED) is 0.356. The number of aryl methyl sites for hydroxylation is 1. The molecule has 0 aliphatic rings. The van der Waals surface area contributed by atoms with E-state index in [1.165, 1.54) is 6.21 Å². The van der Waals surface area contributed by atoms with E-state index in [2.05, 4.69) is 15.8 Å². The molecular formula is C26H27N3O4. The molecule has 33 heavy (non-hydrogen) atoms. The van der Waals surface area contributed by atoms with Gasteiger partial charge in [0.15, 0.2) is 11.5 Å². The van der Waals surface area contributed by atoms with E-state index in [1.54, 1.807) is 19.2 Å². The SMILES string of the molecule is COc1cc(C=NNC(=O)CCC(=O)Nc2ccccc2C)ccc1OCc1ccccc1. The lowest BCUT2D eigenvalue weighted by atomic mass is 10.2. The third kappa shape index (κ3) is 7.50. The smallest absolute Gasteiger partial charge is 0.240 e. The molecule has 3 aromatic rings. The minimum atomic E-state index is -0.346. The lowest BCUT2D eigenvalue weighted by molar-refractivity contribution is -0.124. The number of carbonyl (C=O) groups is 2. The number of carbonyl (C=O) groups excluding carboxylic acids is 2. The number of hydrogen-bond donors (Lipinski definition) is 2. The normalized spacial score (nSPS) is 10.6. The fourth-order valence-electron chi connectivity index (χ4n) is 3.01. The summed E-state index contributed by atoms with van der Waals surface area (Å²) in [4.78, 5) is 24.1. The first-order valence-electron chi connectivity index (χ1n) is 10.6. The summed E-state index contributed by atoms with van der Waals surface area (Å²) in [6.45, 7) is 2.34. The Kier molecular flexibility index (Phi) is 8.59. The van der Waals surface area contributed by atoms with E-state index in [0.717, 1.165) is 22.4 Å². The fraction of sp³-hybridized carbons (Fsp3) is 0.192. The van der Waals surface area contributed by atoms with Crippen LogP contribution in [0.25, 0.3) is 0 Å². The Labute approximate surface area is 193 Å². The van der Waals surface area contributed by atoms with E-state index >= 15 is 0 Å². The number of hydrazone groups is 1. The number of nitrogens with one attached hydrogen (secondary N) is 2. The zero-order chi connectivity index (χ0) is 23.5. The van der Waals surface area contributed by atoms with Crippen LogP contribution >= 0.6 is 0 Å². The summed E-state index contributed by atoms with van der Waals surface area (Å²) >= 11 is 0. The van der Waals surface area contributed by atoms with Gasteiger partial charge in [-0.25, -0.2) is 5.43 Å². The number of ether oxygens (including phenoxy) is 2. The third-order valence-electron chi connectivity index (χ3n) is 4.83. The van der Waals surface area contributed by atoms with Crippen LogP contribution in [0.3, 0.4) is 0 Å². The van der Waals surface area contributed by atoms with Crippen LogP contribution in [-0.2, 0) is 16.2 Å². The molecule has 0 aromatic heterocycles. The number of amides is 2. The highest BCUT2D eigenvalue weighted by molar-refractivity contribution is 5.94. The summed E-state index contributed by atoms with van der Waals surface area (Å²) in [5.74, 6) is 0.608. The van der Waals surface area contributed by atoms with Gasteiger partial charge in [0.2, 0.25) is 11.8 Å². The lowest BCUT2D eigenvalue weighted by Crippen LogP contribution is -2.20. The maximum absolute atomic E-state index is 12.1. The van der Waals surface area contributed by atoms with Crippen LogP contribution in [-0.4, -0.2) is 25.1 Å². The van der Waals surface area contributed by atoms with Crippen molar-refractivity contribution < 1.29 is 19.1 Å². The minimum absolute atomic E-state index is 0.0324. The van der Waals surface area contributed by atoms with Crippen LogP contribution in [0.1, 0.15) is 29.5 Å². The second-order valence-electron chi connectivity index (χ2n) is 7.34. The summed E-state index contributed by atoms with van der Waals surface area (Å²) in [6.07, 6.45) is 1.61. The maximum atomic E-state index is 12.1. The van der Waals surface area contributed by atoms with Crippen molar-refractivity contribution in [3.63, 3.8) is 0 Å². The number of anilines is 1. The van der Waals surface area contributed by atoms with Crippen LogP contribution in [0.2, 0.25) is 0 Å². The lowest BCUT2D eigenvalue weighted by Gasteiger charge is -2.11. The zero-order valence-corrected chi connectivity index (χ0v) is 18.7. The molecule has 0 aliphatic carbocycles. The summed E-state index contributed by atoms with van der Waals surface area (Å²) in [5, 5.41) is 6.77. The van der Waals surface area contributed by atoms with Gasteiger partial charge in [-0.05, 0) is 47.9 Å². The Hall–Kier alpha value is -4.13. The summed E-state index contributed by atoms with van der Waals surface area (Å²) in [6, 6.07) is 22.7. The van der Waals surface area contributed by atoms with E-state index in [1.807, 2.05) is 67.6 Å². The van der Waals surface area contributed by atoms with Gasteiger partial charge >= 0.3 is 0 Å². The summed E-state index contributed by atoms with van der Waals surface area (Å²) in [7, 11) is 1.56. The number of rotatable bonds is 10. The summed E-state index contributed by atoms with van der Waals surface area (Å²) in [5.41, 5.74) is 5.93. The molecule has 7 nitrogen and oxygen atoms in total. The predicted octanol–water partition coefficient (Wildman–Crippen LogP) is 4.45. The maximum Gasteiger partial charge on any atom is 0.240 e. The van der Waals surface area contributed by atoms with Crippen molar-refractivity contribution in [2.24, 2.45) is 5.10 Å². The van der Waals surface area contributed by atoms with Gasteiger partial charge < -0.3 is 14.8 Å². The van der Waals surface area contributed by atoms with Gasteiger partial charge in [0, 0.05) is 18.5 Å². The van der Waals surface area contributed by atoms with Crippen molar-refractivity contribution in [1.82, 2.24) is 5.43 Å². The molecule has 7 heteroatoms. The van der Waals surface area contributed by atoms with Crippen LogP contribution in [0.15, 0.2) is 77.9 Å². The van der Waals surface area contributed by atoms with Crippen molar-refractivity contribution in [2.45, 2.75) is 26.4 Å². The van der Waals surface area contributed by atoms with E-state index in [-0.39, 0.29) is 24.7 Å². The molecule has 0 heterocycles. The molecule has 0 fully saturated rings. The molecular weight excluding hydrogens is 418 g/mol. The van der Waals surface area contributed by atoms with Gasteiger partial charge in [-0.1, -0.05) is 48.5 Å². The first-order chi connectivity index (χ1) is 16.0. The zero-order valence-electron chi connectivity index (χ0n) is 18.7. The number of nitrogens with zero attached hydrogens (tertiary/aromatic N) is 1. The average Bonchev–Trinajstić information content (AvgIpc) is 2.84. The third-order valence-corrected chi connectivity index (χ3v) is 4.83. The fourth-order valence-corrected chi connectivity index (χ4v) is 3.01. The second-order valence-corrected chi connectivity index (χ2v) is 7.34. The first kappa shape index (κ1) is 23.5. The largest absolute Gasteiger partial charge is 0.493 e. The van der Waals surface area contributed by atoms with Crippen LogP contribution in [0.4, 0.5) is 5.69 Å². The predicted molar refractivity (Wildman–Crippen MR) is 129 cm³/mol. The Morgan fingerprint density at radius 1 is 0.909 bits per heavy atom. The van der Waals surface area contributed by atoms with Crippen molar-refractivity contribution in [3.05, 3.63) is 89.5 Å². The van der Waals surface area contributed by atoms with Gasteiger partial charge in [-0.15, -0.1) is 0 Å². The van der Waals surface area contributed by atoms with E-state index < -0.39 is 0 Å². The summed E-state index contributed by atoms with van der Waals surface area (Å²) < 4.78 is 11.2. The Bertz CT molecular complexity index is 1110. The molecule has 0 bridgehead atoms. The molecule has 0 radical (unpaired) electrons. The van der Waals surface area contributed by atoms with Gasteiger partial charge in [0.1, 0.15) is 6.61 Å². The number of methoxy groups -OCH3 is 1. The number of hydrogen-bond acceptors (Lipinski definition) is 5. The molecule has 0 saturated carbocycles. The topological polar surface area (TPSA) is 89.0 Å². The molecule has 0 atom stereocenters.